The minimum atomic E-state index is 0.654. The lowest BCUT2D eigenvalue weighted by Gasteiger charge is -1.69. The second-order valence-corrected chi connectivity index (χ2v) is 1.24. The molecule has 0 bridgehead atoms. The molecule has 6 heavy (non-hydrogen) atoms. The molecule has 0 rings (SSSR count). The van der Waals surface area contributed by atoms with E-state index in [4.69, 9.17) is 11.6 Å². The van der Waals surface area contributed by atoms with Gasteiger partial charge in [-0.1, -0.05) is 0 Å². The predicted molar refractivity (Wildman–Crippen MR) is 28.8 cm³/mol. The quantitative estimate of drug-likeness (QED) is 0.349. The molecule has 0 aromatic rings. The molecule has 0 radical (unpaired) electrons. The first kappa shape index (κ1) is 5.85. The highest BCUT2D eigenvalue weighted by Crippen LogP contribution is 1.77. The molecule has 0 unspecified atom stereocenters. The monoisotopic (exact) mass is 102 g/mol. The summed E-state index contributed by atoms with van der Waals surface area (Å²) in [4.78, 5) is 0. The lowest BCUT2D eigenvalue weighted by molar-refractivity contribution is 1.29. The van der Waals surface area contributed by atoms with Crippen molar-refractivity contribution < 1.29 is 0 Å². The van der Waals surface area contributed by atoms with Gasteiger partial charge in [-0.05, 0) is 6.92 Å². The van der Waals surface area contributed by atoms with E-state index < -0.39 is 0 Å². The summed E-state index contributed by atoms with van der Waals surface area (Å²) in [6.45, 7) is 1.81. The lowest BCUT2D eigenvalue weighted by Crippen LogP contribution is -1.63. The third kappa shape index (κ3) is 3.85. The molecule has 0 aromatic carbocycles. The van der Waals surface area contributed by atoms with Crippen LogP contribution in [-0.2, 0) is 0 Å². The molecule has 0 N–H and O–H groups in total. The van der Waals surface area contributed by atoms with Crippen LogP contribution in [0.1, 0.15) is 13.3 Å². The first-order chi connectivity index (χ1) is 2.91. The molecule has 0 saturated heterocycles. The van der Waals surface area contributed by atoms with E-state index >= 15 is 0 Å². The number of rotatable bonds is 1. The molecule has 1 heteroatoms. The topological polar surface area (TPSA) is 0 Å². The Balaban J connectivity index is 2.79. The van der Waals surface area contributed by atoms with E-state index in [0.29, 0.717) is 5.88 Å². The molecule has 0 heterocycles. The Kier molecular flexibility index (Phi) is 4.73. The van der Waals surface area contributed by atoms with Gasteiger partial charge in [0.25, 0.3) is 0 Å². The van der Waals surface area contributed by atoms with Gasteiger partial charge in [0.15, 0.2) is 0 Å². The molecule has 0 amide bonds. The Morgan fingerprint density at radius 1 is 1.67 bits per heavy atom. The average molecular weight is 103 g/mol. The van der Waals surface area contributed by atoms with Gasteiger partial charge in [-0.25, -0.2) is 0 Å². The highest BCUT2D eigenvalue weighted by molar-refractivity contribution is 6.17. The maximum Gasteiger partial charge on any atom is 0.0333 e. The van der Waals surface area contributed by atoms with Crippen molar-refractivity contribution in [1.82, 2.24) is 0 Å². The fourth-order valence-corrected chi connectivity index (χ4v) is 0.267. The molecule has 0 aliphatic carbocycles. The van der Waals surface area contributed by atoms with Crippen LogP contribution in [0, 0.1) is 11.8 Å². The van der Waals surface area contributed by atoms with Crippen LogP contribution in [0.2, 0.25) is 0 Å². The fraction of sp³-hybridized carbons (Fsp3) is 0.600. The standard InChI is InChI=1S/C5H7Cl/c1-2-3-4-5-6/h4-5H2,1H3. The lowest BCUT2D eigenvalue weighted by atomic mass is 10.5. The maximum absolute atomic E-state index is 5.28. The van der Waals surface area contributed by atoms with Gasteiger partial charge in [0.1, 0.15) is 0 Å². The van der Waals surface area contributed by atoms with Gasteiger partial charge >= 0.3 is 0 Å². The summed E-state index contributed by atoms with van der Waals surface area (Å²) < 4.78 is 0. The molecule has 0 aliphatic rings. The summed E-state index contributed by atoms with van der Waals surface area (Å²) in [5.41, 5.74) is 0. The van der Waals surface area contributed by atoms with Crippen molar-refractivity contribution in [1.29, 1.82) is 0 Å². The highest BCUT2D eigenvalue weighted by Gasteiger charge is 1.65. The second-order valence-electron chi connectivity index (χ2n) is 0.866. The van der Waals surface area contributed by atoms with Crippen LogP contribution in [0.4, 0.5) is 0 Å². The summed E-state index contributed by atoms with van der Waals surface area (Å²) in [6, 6.07) is 0. The number of halogens is 1. The maximum atomic E-state index is 5.28. The zero-order valence-corrected chi connectivity index (χ0v) is 4.55. The van der Waals surface area contributed by atoms with Crippen molar-refractivity contribution in [2.45, 2.75) is 13.3 Å². The smallest absolute Gasteiger partial charge is 0.0333 e. The van der Waals surface area contributed by atoms with E-state index in [9.17, 15) is 0 Å². The number of hydrogen-bond donors (Lipinski definition) is 0. The molecule has 0 fully saturated rings. The number of hydrogen-bond acceptors (Lipinski definition) is 0. The van der Waals surface area contributed by atoms with Crippen molar-refractivity contribution in [3.05, 3.63) is 0 Å². The Morgan fingerprint density at radius 2 is 2.33 bits per heavy atom. The van der Waals surface area contributed by atoms with E-state index in [1.54, 1.807) is 0 Å². The Morgan fingerprint density at radius 3 is 2.50 bits per heavy atom. The predicted octanol–water partition coefficient (Wildman–Crippen LogP) is 1.64. The van der Waals surface area contributed by atoms with Gasteiger partial charge in [-0.3, -0.25) is 0 Å². The summed E-state index contributed by atoms with van der Waals surface area (Å²) in [5.74, 6) is 6.20. The van der Waals surface area contributed by atoms with Crippen LogP contribution in [0.5, 0.6) is 0 Å². The highest BCUT2D eigenvalue weighted by atomic mass is 35.5. The third-order valence-electron chi connectivity index (χ3n) is 0.396. The second kappa shape index (κ2) is 4.85. The van der Waals surface area contributed by atoms with Gasteiger partial charge < -0.3 is 0 Å². The molecule has 0 aliphatic heterocycles. The summed E-state index contributed by atoms with van der Waals surface area (Å²) in [7, 11) is 0. The van der Waals surface area contributed by atoms with E-state index in [1.807, 2.05) is 6.92 Å². The van der Waals surface area contributed by atoms with Gasteiger partial charge in [-0.15, -0.1) is 23.4 Å². The summed E-state index contributed by atoms with van der Waals surface area (Å²) in [6.07, 6.45) is 0.818. The van der Waals surface area contributed by atoms with Gasteiger partial charge in [0, 0.05) is 12.3 Å². The number of alkyl halides is 1. The Labute approximate surface area is 43.5 Å². The molecule has 0 nitrogen and oxygen atoms in total. The zero-order valence-electron chi connectivity index (χ0n) is 3.79. The molecular formula is C5H7Cl. The van der Waals surface area contributed by atoms with Crippen molar-refractivity contribution in [3.63, 3.8) is 0 Å². The molecule has 0 aromatic heterocycles. The molecular weight excluding hydrogens is 95.5 g/mol. The molecule has 34 valence electrons. The Bertz CT molecular complexity index is 65.7. The normalized spacial score (nSPS) is 6.33. The van der Waals surface area contributed by atoms with Crippen molar-refractivity contribution >= 4 is 11.6 Å². The SMILES string of the molecule is CC#CCCCl. The fourth-order valence-electron chi connectivity index (χ4n) is 0.172. The zero-order chi connectivity index (χ0) is 4.83. The summed E-state index contributed by atoms with van der Waals surface area (Å²) in [5, 5.41) is 0. The minimum Gasteiger partial charge on any atom is -0.126 e. The van der Waals surface area contributed by atoms with E-state index in [-0.39, 0.29) is 0 Å². The van der Waals surface area contributed by atoms with Gasteiger partial charge in [-0.2, -0.15) is 0 Å². The first-order valence-electron chi connectivity index (χ1n) is 1.87. The molecule has 0 saturated carbocycles. The van der Waals surface area contributed by atoms with Crippen LogP contribution in [0.3, 0.4) is 0 Å². The average Bonchev–Trinajstić information content (AvgIpc) is 1.61. The van der Waals surface area contributed by atoms with Crippen LogP contribution in [0.15, 0.2) is 0 Å². The molecule has 0 spiro atoms. The van der Waals surface area contributed by atoms with Crippen LogP contribution >= 0.6 is 11.6 Å². The van der Waals surface area contributed by atoms with Crippen molar-refractivity contribution in [3.8, 4) is 11.8 Å². The van der Waals surface area contributed by atoms with Crippen molar-refractivity contribution in [2.75, 3.05) is 5.88 Å². The Hall–Kier alpha value is -0.150. The van der Waals surface area contributed by atoms with Crippen LogP contribution in [0.25, 0.3) is 0 Å². The van der Waals surface area contributed by atoms with Crippen LogP contribution < -0.4 is 0 Å². The largest absolute Gasteiger partial charge is 0.126 e. The van der Waals surface area contributed by atoms with E-state index in [2.05, 4.69) is 11.8 Å². The first-order valence-corrected chi connectivity index (χ1v) is 2.41. The van der Waals surface area contributed by atoms with E-state index in [0.717, 1.165) is 6.42 Å². The molecule has 0 atom stereocenters. The van der Waals surface area contributed by atoms with Gasteiger partial charge in [0.2, 0.25) is 0 Å². The summed E-state index contributed by atoms with van der Waals surface area (Å²) >= 11 is 5.28. The third-order valence-corrected chi connectivity index (χ3v) is 0.585. The van der Waals surface area contributed by atoms with Gasteiger partial charge in [0.05, 0.1) is 0 Å². The van der Waals surface area contributed by atoms with Crippen molar-refractivity contribution in [2.24, 2.45) is 0 Å². The minimum absolute atomic E-state index is 0.654. The van der Waals surface area contributed by atoms with E-state index in [1.165, 1.54) is 0 Å². The van der Waals surface area contributed by atoms with Crippen LogP contribution in [-0.4, -0.2) is 5.88 Å².